The SMILES string of the molecule is COC(=O)CC[C@@H](C)[C@H]1CC[C@H]2[C@@H]3CC[C@@H]4C[C@@](O)(O[Si](c5ccccc5)(c5ccccc5)C(C)(C)C)CC[C@]4(C)[C@H]3CC[C@]12C. The number of carbonyl (C=O) groups excluding carboxylic acids is 1. The largest absolute Gasteiger partial charge is 0.469 e. The highest BCUT2D eigenvalue weighted by Gasteiger charge is 2.63. The first-order valence-electron chi connectivity index (χ1n) is 18.4. The Hall–Kier alpha value is -1.95. The van der Waals surface area contributed by atoms with Crippen molar-refractivity contribution in [2.45, 2.75) is 123 Å². The second-order valence-electron chi connectivity index (χ2n) is 17.4. The zero-order valence-corrected chi connectivity index (χ0v) is 30.7. The van der Waals surface area contributed by atoms with E-state index in [1.165, 1.54) is 56.0 Å². The summed E-state index contributed by atoms with van der Waals surface area (Å²) in [6.45, 7) is 14.5. The first-order chi connectivity index (χ1) is 21.8. The van der Waals surface area contributed by atoms with E-state index in [-0.39, 0.29) is 16.4 Å². The van der Waals surface area contributed by atoms with Crippen LogP contribution in [0.4, 0.5) is 0 Å². The molecule has 4 aliphatic rings. The van der Waals surface area contributed by atoms with Crippen LogP contribution in [-0.4, -0.2) is 32.3 Å². The molecular weight excluding hydrogens is 585 g/mol. The van der Waals surface area contributed by atoms with Crippen LogP contribution in [0, 0.1) is 46.3 Å². The van der Waals surface area contributed by atoms with Gasteiger partial charge in [0.15, 0.2) is 5.79 Å². The van der Waals surface area contributed by atoms with Gasteiger partial charge in [0.25, 0.3) is 8.32 Å². The lowest BCUT2D eigenvalue weighted by Gasteiger charge is -2.63. The summed E-state index contributed by atoms with van der Waals surface area (Å²) < 4.78 is 12.4. The lowest BCUT2D eigenvalue weighted by molar-refractivity contribution is -0.223. The summed E-state index contributed by atoms with van der Waals surface area (Å²) in [6.07, 6.45) is 11.7. The highest BCUT2D eigenvalue weighted by atomic mass is 28.4. The first kappa shape index (κ1) is 33.9. The van der Waals surface area contributed by atoms with Gasteiger partial charge in [-0.1, -0.05) is 102 Å². The summed E-state index contributed by atoms with van der Waals surface area (Å²) in [7, 11) is -1.36. The predicted molar refractivity (Wildman–Crippen MR) is 189 cm³/mol. The minimum absolute atomic E-state index is 0.0716. The molecule has 0 heterocycles. The molecule has 2 aromatic carbocycles. The number of hydrogen-bond donors (Lipinski definition) is 1. The van der Waals surface area contributed by atoms with Crippen molar-refractivity contribution in [3.63, 3.8) is 0 Å². The number of methoxy groups -OCH3 is 1. The molecule has 5 heteroatoms. The van der Waals surface area contributed by atoms with Gasteiger partial charge in [0.05, 0.1) is 7.11 Å². The first-order valence-corrected chi connectivity index (χ1v) is 20.3. The third kappa shape index (κ3) is 5.64. The fraction of sp³-hybridized carbons (Fsp3) is 0.683. The molecule has 0 amide bonds. The number of hydrogen-bond acceptors (Lipinski definition) is 4. The van der Waals surface area contributed by atoms with Crippen LogP contribution in [0.25, 0.3) is 0 Å². The third-order valence-corrected chi connectivity index (χ3v) is 19.3. The minimum Gasteiger partial charge on any atom is -0.469 e. The maximum atomic E-state index is 12.6. The van der Waals surface area contributed by atoms with Gasteiger partial charge < -0.3 is 14.3 Å². The third-order valence-electron chi connectivity index (χ3n) is 14.2. The molecule has 0 aromatic heterocycles. The van der Waals surface area contributed by atoms with Gasteiger partial charge in [-0.15, -0.1) is 0 Å². The van der Waals surface area contributed by atoms with Gasteiger partial charge in [0, 0.05) is 19.3 Å². The second-order valence-corrected chi connectivity index (χ2v) is 21.6. The Morgan fingerprint density at radius 1 is 0.870 bits per heavy atom. The molecule has 1 N–H and O–H groups in total. The molecule has 6 rings (SSSR count). The Morgan fingerprint density at radius 3 is 2.07 bits per heavy atom. The zero-order chi connectivity index (χ0) is 33.0. The Labute approximate surface area is 280 Å². The van der Waals surface area contributed by atoms with Crippen LogP contribution in [0.5, 0.6) is 0 Å². The number of benzene rings is 2. The molecule has 252 valence electrons. The topological polar surface area (TPSA) is 55.8 Å². The molecule has 4 nitrogen and oxygen atoms in total. The molecule has 0 spiro atoms. The van der Waals surface area contributed by atoms with Crippen LogP contribution in [0.15, 0.2) is 60.7 Å². The maximum absolute atomic E-state index is 12.6. The van der Waals surface area contributed by atoms with E-state index in [0.717, 1.165) is 37.0 Å². The van der Waals surface area contributed by atoms with E-state index < -0.39 is 14.1 Å². The van der Waals surface area contributed by atoms with Gasteiger partial charge in [0.2, 0.25) is 0 Å². The quantitative estimate of drug-likeness (QED) is 0.178. The van der Waals surface area contributed by atoms with E-state index in [1.54, 1.807) is 0 Å². The summed E-state index contributed by atoms with van der Waals surface area (Å²) >= 11 is 0. The van der Waals surface area contributed by atoms with E-state index in [0.29, 0.717) is 36.0 Å². The van der Waals surface area contributed by atoms with Crippen molar-refractivity contribution in [2.75, 3.05) is 7.11 Å². The van der Waals surface area contributed by atoms with Crippen molar-refractivity contribution in [2.24, 2.45) is 46.3 Å². The smallest absolute Gasteiger partial charge is 0.305 e. The van der Waals surface area contributed by atoms with Crippen LogP contribution >= 0.6 is 0 Å². The summed E-state index contributed by atoms with van der Waals surface area (Å²) in [6, 6.07) is 21.6. The van der Waals surface area contributed by atoms with Crippen molar-refractivity contribution in [3.8, 4) is 0 Å². The Kier molecular flexibility index (Phi) is 9.22. The van der Waals surface area contributed by atoms with Crippen molar-refractivity contribution in [3.05, 3.63) is 60.7 Å². The molecule has 0 radical (unpaired) electrons. The van der Waals surface area contributed by atoms with E-state index in [4.69, 9.17) is 9.16 Å². The average molecular weight is 645 g/mol. The molecule has 4 saturated carbocycles. The molecule has 4 aliphatic carbocycles. The summed E-state index contributed by atoms with van der Waals surface area (Å²) in [5.74, 6) is 2.82. The molecule has 0 saturated heterocycles. The van der Waals surface area contributed by atoms with Crippen LogP contribution in [0.3, 0.4) is 0 Å². The standard InChI is InChI=1S/C41H60O4Si/c1-29(18-23-37(42)44-7)34-21-22-35-33-20-19-30-28-41(43,27-26-39(30,5)36(33)24-25-40(34,35)6)45-46(38(2,3)4,31-14-10-8-11-15-31)32-16-12-9-13-17-32/h8-17,29-30,33-36,43H,18-28H2,1-7H3/t29-,30-,33+,34-,35+,36+,39+,40-,41+/m1/s1. The van der Waals surface area contributed by atoms with Gasteiger partial charge in [-0.05, 0) is 113 Å². The van der Waals surface area contributed by atoms with Gasteiger partial charge in [-0.2, -0.15) is 0 Å². The van der Waals surface area contributed by atoms with Gasteiger partial charge in [-0.25, -0.2) is 0 Å². The van der Waals surface area contributed by atoms with Crippen LogP contribution < -0.4 is 10.4 Å². The molecule has 4 fully saturated rings. The van der Waals surface area contributed by atoms with Crippen LogP contribution in [-0.2, 0) is 14.0 Å². The van der Waals surface area contributed by atoms with E-state index in [1.807, 2.05) is 0 Å². The summed E-state index contributed by atoms with van der Waals surface area (Å²) in [5.41, 5.74) is 0.627. The highest BCUT2D eigenvalue weighted by molar-refractivity contribution is 6.99. The summed E-state index contributed by atoms with van der Waals surface area (Å²) in [4.78, 5) is 11.9. The van der Waals surface area contributed by atoms with Gasteiger partial charge in [0.1, 0.15) is 0 Å². The fourth-order valence-electron chi connectivity index (χ4n) is 11.9. The van der Waals surface area contributed by atoms with E-state index in [9.17, 15) is 9.90 Å². The molecule has 2 aromatic rings. The van der Waals surface area contributed by atoms with Crippen LogP contribution in [0.1, 0.15) is 112 Å². The molecule has 0 unspecified atom stereocenters. The summed E-state index contributed by atoms with van der Waals surface area (Å²) in [5, 5.41) is 14.9. The number of fused-ring (bicyclic) bond motifs is 5. The van der Waals surface area contributed by atoms with Gasteiger partial charge in [-0.3, -0.25) is 4.79 Å². The molecule has 46 heavy (non-hydrogen) atoms. The number of aliphatic hydroxyl groups is 1. The highest BCUT2D eigenvalue weighted by Crippen LogP contribution is 2.69. The maximum Gasteiger partial charge on any atom is 0.305 e. The van der Waals surface area contributed by atoms with Crippen LogP contribution in [0.2, 0.25) is 5.04 Å². The van der Waals surface area contributed by atoms with Crippen molar-refractivity contribution < 1.29 is 19.1 Å². The van der Waals surface area contributed by atoms with Crippen molar-refractivity contribution >= 4 is 24.7 Å². The lowest BCUT2D eigenvalue weighted by Crippen LogP contribution is -2.70. The lowest BCUT2D eigenvalue weighted by atomic mass is 9.44. The normalized spacial score (nSPS) is 36.7. The Balaban J connectivity index is 1.23. The van der Waals surface area contributed by atoms with Crippen molar-refractivity contribution in [1.82, 2.24) is 0 Å². The second kappa shape index (κ2) is 12.5. The Morgan fingerprint density at radius 2 is 1.48 bits per heavy atom. The van der Waals surface area contributed by atoms with E-state index >= 15 is 0 Å². The van der Waals surface area contributed by atoms with Gasteiger partial charge >= 0.3 is 5.97 Å². The number of esters is 1. The van der Waals surface area contributed by atoms with E-state index in [2.05, 4.69) is 102 Å². The average Bonchev–Trinajstić information content (AvgIpc) is 3.40. The van der Waals surface area contributed by atoms with Crippen molar-refractivity contribution in [1.29, 1.82) is 0 Å². The molecule has 9 atom stereocenters. The minimum atomic E-state index is -2.87. The molecular formula is C41H60O4Si. The number of ether oxygens (including phenoxy) is 1. The number of carbonyl (C=O) groups is 1. The molecule has 0 bridgehead atoms. The fourth-order valence-corrected chi connectivity index (χ4v) is 16.5. The molecule has 0 aliphatic heterocycles. The zero-order valence-electron chi connectivity index (χ0n) is 29.7. The monoisotopic (exact) mass is 644 g/mol. The predicted octanol–water partition coefficient (Wildman–Crippen LogP) is 8.50. The Bertz CT molecular complexity index is 1320. The number of rotatable bonds is 8.